The molecule has 1 aromatic rings. The second-order valence-corrected chi connectivity index (χ2v) is 4.12. The van der Waals surface area contributed by atoms with Crippen molar-refractivity contribution in [3.8, 4) is 11.5 Å². The van der Waals surface area contributed by atoms with Gasteiger partial charge >= 0.3 is 5.97 Å². The fourth-order valence-electron chi connectivity index (χ4n) is 1.56. The normalized spacial score (nSPS) is 9.62. The number of carbonyl (C=O) groups is 2. The molecule has 21 heavy (non-hydrogen) atoms. The predicted molar refractivity (Wildman–Crippen MR) is 77.4 cm³/mol. The maximum absolute atomic E-state index is 11.5. The van der Waals surface area contributed by atoms with Crippen LogP contribution in [0.5, 0.6) is 11.5 Å². The van der Waals surface area contributed by atoms with E-state index < -0.39 is 11.9 Å². The number of methoxy groups -OCH3 is 2. The quantitative estimate of drug-likeness (QED) is 0.574. The zero-order valence-corrected chi connectivity index (χ0v) is 12.2. The number of ether oxygens (including phenoxy) is 3. The number of esters is 1. The number of hydrogen-bond acceptors (Lipinski definition) is 5. The second kappa shape index (κ2) is 8.63. The van der Waals surface area contributed by atoms with Crippen LogP contribution in [0, 0.1) is 0 Å². The summed E-state index contributed by atoms with van der Waals surface area (Å²) in [6, 6.07) is 5.42. The van der Waals surface area contributed by atoms with E-state index in [9.17, 15) is 9.59 Å². The summed E-state index contributed by atoms with van der Waals surface area (Å²) in [5, 5.41) is 2.38. The summed E-state index contributed by atoms with van der Waals surface area (Å²) < 4.78 is 15.0. The van der Waals surface area contributed by atoms with E-state index in [1.807, 2.05) is 12.1 Å². The minimum atomic E-state index is -0.519. The highest BCUT2D eigenvalue weighted by Crippen LogP contribution is 2.28. The third kappa shape index (κ3) is 5.56. The lowest BCUT2D eigenvalue weighted by Crippen LogP contribution is -2.33. The lowest BCUT2D eigenvalue weighted by atomic mass is 10.1. The van der Waals surface area contributed by atoms with E-state index in [-0.39, 0.29) is 13.2 Å². The Morgan fingerprint density at radius 1 is 1.29 bits per heavy atom. The molecule has 0 aliphatic rings. The third-order valence-corrected chi connectivity index (χ3v) is 2.62. The van der Waals surface area contributed by atoms with Gasteiger partial charge in [-0.25, -0.2) is 0 Å². The Labute approximate surface area is 123 Å². The number of carbonyl (C=O) groups excluding carboxylic acids is 2. The lowest BCUT2D eigenvalue weighted by Gasteiger charge is -2.11. The number of rotatable bonds is 8. The summed E-state index contributed by atoms with van der Waals surface area (Å²) >= 11 is 0. The van der Waals surface area contributed by atoms with Crippen LogP contribution >= 0.6 is 0 Å². The van der Waals surface area contributed by atoms with Crippen LogP contribution < -0.4 is 14.8 Å². The Hall–Kier alpha value is -2.50. The highest BCUT2D eigenvalue weighted by Gasteiger charge is 2.09. The maximum atomic E-state index is 11.5. The van der Waals surface area contributed by atoms with Gasteiger partial charge in [-0.05, 0) is 24.1 Å². The van der Waals surface area contributed by atoms with E-state index in [4.69, 9.17) is 9.47 Å². The number of allylic oxidation sites excluding steroid dienone is 1. The van der Waals surface area contributed by atoms with Gasteiger partial charge in [0.1, 0.15) is 6.54 Å². The number of hydrogen-bond donors (Lipinski definition) is 1. The van der Waals surface area contributed by atoms with Crippen molar-refractivity contribution in [2.24, 2.45) is 0 Å². The van der Waals surface area contributed by atoms with Crippen LogP contribution in [0.1, 0.15) is 5.56 Å². The van der Waals surface area contributed by atoms with Crippen LogP contribution in [-0.2, 0) is 20.7 Å². The summed E-state index contributed by atoms with van der Waals surface area (Å²) in [5.41, 5.74) is 1.03. The highest BCUT2D eigenvalue weighted by molar-refractivity contribution is 5.82. The number of nitrogens with one attached hydrogen (secondary N) is 1. The molecule has 6 nitrogen and oxygen atoms in total. The molecule has 6 heteroatoms. The molecule has 0 spiro atoms. The van der Waals surface area contributed by atoms with E-state index >= 15 is 0 Å². The molecule has 0 aliphatic carbocycles. The molecule has 0 atom stereocenters. The average Bonchev–Trinajstić information content (AvgIpc) is 2.51. The van der Waals surface area contributed by atoms with Gasteiger partial charge in [0.05, 0.1) is 14.2 Å². The fourth-order valence-corrected chi connectivity index (χ4v) is 1.56. The zero-order valence-electron chi connectivity index (χ0n) is 12.2. The Balaban J connectivity index is 2.56. The minimum Gasteiger partial charge on any atom is -0.493 e. The zero-order chi connectivity index (χ0) is 15.7. The molecule has 0 fully saturated rings. The standard InChI is InChI=1S/C15H19NO5/c1-4-5-11-6-7-12(13(8-11)19-2)21-10-14(17)16-9-15(18)20-3/h4,6-8H,1,5,9-10H2,2-3H3,(H,16,17). The predicted octanol–water partition coefficient (Wildman–Crippen LogP) is 1.09. The van der Waals surface area contributed by atoms with Crippen LogP contribution in [0.4, 0.5) is 0 Å². The molecule has 0 aromatic heterocycles. The SMILES string of the molecule is C=CCc1ccc(OCC(=O)NCC(=O)OC)c(OC)c1. The lowest BCUT2D eigenvalue weighted by molar-refractivity contribution is -0.141. The van der Waals surface area contributed by atoms with Gasteiger partial charge < -0.3 is 19.5 Å². The molecule has 1 amide bonds. The molecule has 0 bridgehead atoms. The molecule has 0 saturated heterocycles. The van der Waals surface area contributed by atoms with Crippen LogP contribution in [0.25, 0.3) is 0 Å². The first kappa shape index (κ1) is 16.6. The fraction of sp³-hybridized carbons (Fsp3) is 0.333. The summed E-state index contributed by atoms with van der Waals surface area (Å²) in [7, 11) is 2.78. The Morgan fingerprint density at radius 3 is 2.67 bits per heavy atom. The monoisotopic (exact) mass is 293 g/mol. The van der Waals surface area contributed by atoms with Gasteiger partial charge in [-0.3, -0.25) is 9.59 Å². The van der Waals surface area contributed by atoms with Crippen molar-refractivity contribution in [3.05, 3.63) is 36.4 Å². The van der Waals surface area contributed by atoms with Crippen molar-refractivity contribution in [1.82, 2.24) is 5.32 Å². The first-order chi connectivity index (χ1) is 10.1. The van der Waals surface area contributed by atoms with Crippen LogP contribution in [0.3, 0.4) is 0 Å². The largest absolute Gasteiger partial charge is 0.493 e. The Morgan fingerprint density at radius 2 is 2.05 bits per heavy atom. The highest BCUT2D eigenvalue weighted by atomic mass is 16.5. The molecule has 0 aliphatic heterocycles. The summed E-state index contributed by atoms with van der Waals surface area (Å²) in [6.45, 7) is 3.27. The topological polar surface area (TPSA) is 73.9 Å². The molecule has 0 unspecified atom stereocenters. The molecule has 1 rings (SSSR count). The van der Waals surface area contributed by atoms with Gasteiger partial charge in [-0.1, -0.05) is 12.1 Å². The summed E-state index contributed by atoms with van der Waals surface area (Å²) in [6.07, 6.45) is 2.51. The average molecular weight is 293 g/mol. The molecule has 1 aromatic carbocycles. The van der Waals surface area contributed by atoms with E-state index in [0.717, 1.165) is 12.0 Å². The third-order valence-electron chi connectivity index (χ3n) is 2.62. The molecule has 0 saturated carbocycles. The molecular formula is C15H19NO5. The van der Waals surface area contributed by atoms with Crippen molar-refractivity contribution in [1.29, 1.82) is 0 Å². The smallest absolute Gasteiger partial charge is 0.325 e. The van der Waals surface area contributed by atoms with E-state index in [1.165, 1.54) is 14.2 Å². The van der Waals surface area contributed by atoms with Gasteiger partial charge in [0, 0.05) is 0 Å². The van der Waals surface area contributed by atoms with E-state index in [0.29, 0.717) is 11.5 Å². The van der Waals surface area contributed by atoms with Gasteiger partial charge in [-0.2, -0.15) is 0 Å². The van der Waals surface area contributed by atoms with Crippen molar-refractivity contribution in [2.75, 3.05) is 27.4 Å². The van der Waals surface area contributed by atoms with Crippen molar-refractivity contribution in [2.45, 2.75) is 6.42 Å². The van der Waals surface area contributed by atoms with Gasteiger partial charge in [0.2, 0.25) is 0 Å². The van der Waals surface area contributed by atoms with Gasteiger partial charge in [0.25, 0.3) is 5.91 Å². The molecule has 114 valence electrons. The van der Waals surface area contributed by atoms with E-state index in [2.05, 4.69) is 16.6 Å². The molecule has 0 radical (unpaired) electrons. The first-order valence-electron chi connectivity index (χ1n) is 6.34. The Bertz CT molecular complexity index is 513. The molecule has 1 N–H and O–H groups in total. The summed E-state index contributed by atoms with van der Waals surface area (Å²) in [5.74, 6) is 0.0565. The van der Waals surface area contributed by atoms with Crippen molar-refractivity contribution >= 4 is 11.9 Å². The maximum Gasteiger partial charge on any atom is 0.325 e. The van der Waals surface area contributed by atoms with Crippen LogP contribution in [-0.4, -0.2) is 39.2 Å². The van der Waals surface area contributed by atoms with Crippen molar-refractivity contribution < 1.29 is 23.8 Å². The first-order valence-corrected chi connectivity index (χ1v) is 6.34. The number of benzene rings is 1. The van der Waals surface area contributed by atoms with E-state index in [1.54, 1.807) is 12.1 Å². The van der Waals surface area contributed by atoms with Gasteiger partial charge in [0.15, 0.2) is 18.1 Å². The second-order valence-electron chi connectivity index (χ2n) is 4.12. The number of amides is 1. The van der Waals surface area contributed by atoms with Crippen LogP contribution in [0.2, 0.25) is 0 Å². The van der Waals surface area contributed by atoms with Crippen LogP contribution in [0.15, 0.2) is 30.9 Å². The summed E-state index contributed by atoms with van der Waals surface area (Å²) in [4.78, 5) is 22.4. The molecular weight excluding hydrogens is 274 g/mol. The van der Waals surface area contributed by atoms with Crippen molar-refractivity contribution in [3.63, 3.8) is 0 Å². The Kier molecular flexibility index (Phi) is 6.80. The minimum absolute atomic E-state index is 0.186. The van der Waals surface area contributed by atoms with Gasteiger partial charge in [-0.15, -0.1) is 6.58 Å². The molecule has 0 heterocycles.